The summed E-state index contributed by atoms with van der Waals surface area (Å²) in [6.45, 7) is 0.478. The van der Waals surface area contributed by atoms with Gasteiger partial charge in [-0.3, -0.25) is 0 Å². The average molecular weight is 255 g/mol. The fourth-order valence-corrected chi connectivity index (χ4v) is 1.81. The summed E-state index contributed by atoms with van der Waals surface area (Å²) in [5, 5.41) is 17.6. The molecule has 0 radical (unpaired) electrons. The molecule has 3 rings (SSSR count). The minimum atomic E-state index is 0.268. The molecular formula is C14H13N3O2. The van der Waals surface area contributed by atoms with Gasteiger partial charge in [-0.1, -0.05) is 24.3 Å². The van der Waals surface area contributed by atoms with Crippen molar-refractivity contribution in [2.45, 2.75) is 6.42 Å². The van der Waals surface area contributed by atoms with Gasteiger partial charge >= 0.3 is 0 Å². The molecule has 0 saturated carbocycles. The van der Waals surface area contributed by atoms with Gasteiger partial charge in [-0.15, -0.1) is 10.2 Å². The Morgan fingerprint density at radius 2 is 1.58 bits per heavy atom. The lowest BCUT2D eigenvalue weighted by Gasteiger charge is -2.03. The SMILES string of the molecule is Oc1ccc(CCOn2nc3ccccc3n2)cc1. The average Bonchev–Trinajstić information content (AvgIpc) is 2.83. The normalized spacial score (nSPS) is 10.7. The second-order valence-corrected chi connectivity index (χ2v) is 4.19. The van der Waals surface area contributed by atoms with Crippen molar-refractivity contribution in [3.05, 3.63) is 54.1 Å². The standard InChI is InChI=1S/C14H13N3O2/c18-12-7-5-11(6-8-12)9-10-19-17-15-13-3-1-2-4-14(13)16-17/h1-8,18H,9-10H2. The molecule has 0 atom stereocenters. The van der Waals surface area contributed by atoms with Crippen LogP contribution in [0.3, 0.4) is 0 Å². The number of phenolic OH excluding ortho intramolecular Hbond substituents is 1. The molecule has 1 aromatic heterocycles. The molecule has 1 heterocycles. The van der Waals surface area contributed by atoms with Crippen LogP contribution in [-0.2, 0) is 6.42 Å². The summed E-state index contributed by atoms with van der Waals surface area (Å²) in [6.07, 6.45) is 0.734. The van der Waals surface area contributed by atoms with Gasteiger partial charge in [-0.2, -0.15) is 0 Å². The molecule has 2 aromatic carbocycles. The monoisotopic (exact) mass is 255 g/mol. The number of hydrogen-bond donors (Lipinski definition) is 1. The molecule has 0 unspecified atom stereocenters. The fraction of sp³-hybridized carbons (Fsp3) is 0.143. The van der Waals surface area contributed by atoms with Gasteiger partial charge < -0.3 is 9.94 Å². The summed E-state index contributed by atoms with van der Waals surface area (Å²) in [6, 6.07) is 14.7. The second kappa shape index (κ2) is 4.97. The number of phenols is 1. The van der Waals surface area contributed by atoms with E-state index in [0.29, 0.717) is 6.61 Å². The highest BCUT2D eigenvalue weighted by molar-refractivity contribution is 5.72. The van der Waals surface area contributed by atoms with Crippen molar-refractivity contribution in [2.75, 3.05) is 6.61 Å². The predicted octanol–water partition coefficient (Wildman–Crippen LogP) is 1.81. The lowest BCUT2D eigenvalue weighted by molar-refractivity contribution is 0.0576. The molecule has 0 aliphatic carbocycles. The zero-order chi connectivity index (χ0) is 13.1. The zero-order valence-electron chi connectivity index (χ0n) is 10.2. The molecule has 0 aliphatic rings. The lowest BCUT2D eigenvalue weighted by Crippen LogP contribution is -2.17. The minimum absolute atomic E-state index is 0.268. The van der Waals surface area contributed by atoms with Crippen molar-refractivity contribution in [3.63, 3.8) is 0 Å². The predicted molar refractivity (Wildman–Crippen MR) is 70.8 cm³/mol. The Kier molecular flexibility index (Phi) is 3.02. The van der Waals surface area contributed by atoms with E-state index < -0.39 is 0 Å². The van der Waals surface area contributed by atoms with Crippen LogP contribution < -0.4 is 4.84 Å². The lowest BCUT2D eigenvalue weighted by atomic mass is 10.1. The van der Waals surface area contributed by atoms with Crippen LogP contribution in [0, 0.1) is 0 Å². The Hall–Kier alpha value is -2.56. The Morgan fingerprint density at radius 1 is 0.947 bits per heavy atom. The number of aromatic nitrogens is 3. The molecular weight excluding hydrogens is 242 g/mol. The third kappa shape index (κ3) is 2.65. The third-order valence-corrected chi connectivity index (χ3v) is 2.80. The number of benzene rings is 2. The molecule has 3 aromatic rings. The Labute approximate surface area is 110 Å². The number of fused-ring (bicyclic) bond motifs is 1. The summed E-state index contributed by atoms with van der Waals surface area (Å²) in [7, 11) is 0. The van der Waals surface area contributed by atoms with Crippen LogP contribution in [0.1, 0.15) is 5.56 Å². The molecule has 0 spiro atoms. The first-order valence-electron chi connectivity index (χ1n) is 6.04. The van der Waals surface area contributed by atoms with Crippen LogP contribution in [0.5, 0.6) is 5.75 Å². The van der Waals surface area contributed by atoms with E-state index in [4.69, 9.17) is 4.84 Å². The Balaban J connectivity index is 1.61. The van der Waals surface area contributed by atoms with Crippen molar-refractivity contribution < 1.29 is 9.94 Å². The highest BCUT2D eigenvalue weighted by Crippen LogP contribution is 2.10. The van der Waals surface area contributed by atoms with Crippen LogP contribution >= 0.6 is 0 Å². The zero-order valence-corrected chi connectivity index (χ0v) is 10.2. The van der Waals surface area contributed by atoms with E-state index in [-0.39, 0.29) is 5.75 Å². The van der Waals surface area contributed by atoms with Crippen LogP contribution in [0.4, 0.5) is 0 Å². The largest absolute Gasteiger partial charge is 0.508 e. The van der Waals surface area contributed by atoms with Crippen LogP contribution in [0.15, 0.2) is 48.5 Å². The number of aromatic hydroxyl groups is 1. The molecule has 0 fully saturated rings. The summed E-state index contributed by atoms with van der Waals surface area (Å²) in [4.78, 5) is 6.71. The molecule has 0 bridgehead atoms. The van der Waals surface area contributed by atoms with E-state index in [0.717, 1.165) is 23.0 Å². The minimum Gasteiger partial charge on any atom is -0.508 e. The Morgan fingerprint density at radius 3 is 2.21 bits per heavy atom. The topological polar surface area (TPSA) is 60.2 Å². The van der Waals surface area contributed by atoms with E-state index in [1.165, 1.54) is 4.96 Å². The summed E-state index contributed by atoms with van der Waals surface area (Å²) in [5.41, 5.74) is 2.72. The molecule has 19 heavy (non-hydrogen) atoms. The molecule has 0 amide bonds. The van der Waals surface area contributed by atoms with E-state index in [1.54, 1.807) is 12.1 Å². The van der Waals surface area contributed by atoms with Gasteiger partial charge in [-0.05, 0) is 34.8 Å². The maximum Gasteiger partial charge on any atom is 0.122 e. The summed E-state index contributed by atoms with van der Waals surface area (Å²) >= 11 is 0. The highest BCUT2D eigenvalue weighted by atomic mass is 16.7. The van der Waals surface area contributed by atoms with Crippen LogP contribution in [0.2, 0.25) is 0 Å². The highest BCUT2D eigenvalue weighted by Gasteiger charge is 2.01. The summed E-state index contributed by atoms with van der Waals surface area (Å²) < 4.78 is 0. The third-order valence-electron chi connectivity index (χ3n) is 2.80. The maximum atomic E-state index is 9.19. The first-order valence-corrected chi connectivity index (χ1v) is 6.04. The van der Waals surface area contributed by atoms with Gasteiger partial charge in [0.2, 0.25) is 0 Å². The first kappa shape index (κ1) is 11.5. The summed E-state index contributed by atoms with van der Waals surface area (Å²) in [5.74, 6) is 0.268. The Bertz CT molecular complexity index is 643. The van der Waals surface area contributed by atoms with Gasteiger partial charge in [0.1, 0.15) is 23.4 Å². The molecule has 1 N–H and O–H groups in total. The van der Waals surface area contributed by atoms with Gasteiger partial charge in [-0.25, -0.2) is 0 Å². The van der Waals surface area contributed by atoms with E-state index >= 15 is 0 Å². The fourth-order valence-electron chi connectivity index (χ4n) is 1.81. The van der Waals surface area contributed by atoms with E-state index in [2.05, 4.69) is 10.2 Å². The van der Waals surface area contributed by atoms with Crippen molar-refractivity contribution in [3.8, 4) is 5.75 Å². The van der Waals surface area contributed by atoms with Crippen LogP contribution in [-0.4, -0.2) is 26.9 Å². The quantitative estimate of drug-likeness (QED) is 0.772. The molecule has 96 valence electrons. The molecule has 5 heteroatoms. The van der Waals surface area contributed by atoms with Crippen molar-refractivity contribution >= 4 is 11.0 Å². The van der Waals surface area contributed by atoms with Gasteiger partial charge in [0.15, 0.2) is 0 Å². The maximum absolute atomic E-state index is 9.19. The molecule has 0 aliphatic heterocycles. The van der Waals surface area contributed by atoms with Crippen molar-refractivity contribution in [2.24, 2.45) is 0 Å². The van der Waals surface area contributed by atoms with E-state index in [9.17, 15) is 5.11 Å². The molecule has 0 saturated heterocycles. The van der Waals surface area contributed by atoms with Gasteiger partial charge in [0, 0.05) is 6.42 Å². The number of rotatable bonds is 4. The second-order valence-electron chi connectivity index (χ2n) is 4.19. The first-order chi connectivity index (χ1) is 9.31. The van der Waals surface area contributed by atoms with E-state index in [1.807, 2.05) is 36.4 Å². The van der Waals surface area contributed by atoms with Crippen molar-refractivity contribution in [1.82, 2.24) is 15.2 Å². The van der Waals surface area contributed by atoms with Crippen molar-refractivity contribution in [1.29, 1.82) is 0 Å². The smallest absolute Gasteiger partial charge is 0.122 e. The molecule has 5 nitrogen and oxygen atoms in total. The number of nitrogens with zero attached hydrogens (tertiary/aromatic N) is 3. The van der Waals surface area contributed by atoms with Crippen LogP contribution in [0.25, 0.3) is 11.0 Å². The van der Waals surface area contributed by atoms with Gasteiger partial charge in [0.25, 0.3) is 0 Å². The van der Waals surface area contributed by atoms with Gasteiger partial charge in [0.05, 0.1) is 0 Å². The number of hydrogen-bond acceptors (Lipinski definition) is 4.